The zero-order valence-electron chi connectivity index (χ0n) is 12.1. The summed E-state index contributed by atoms with van der Waals surface area (Å²) in [7, 11) is 0. The molecule has 1 aliphatic heterocycles. The molecule has 112 valence electrons. The van der Waals surface area contributed by atoms with Crippen molar-refractivity contribution in [1.82, 2.24) is 0 Å². The van der Waals surface area contributed by atoms with E-state index in [-0.39, 0.29) is 0 Å². The Morgan fingerprint density at radius 3 is 2.95 bits per heavy atom. The fraction of sp³-hybridized carbons (Fsp3) is 0.625. The molecular weight excluding hydrogens is 293 g/mol. The average molecular weight is 317 g/mol. The van der Waals surface area contributed by atoms with Gasteiger partial charge in [-0.3, -0.25) is 0 Å². The minimum Gasteiger partial charge on any atom is -0.492 e. The zero-order valence-corrected chi connectivity index (χ0v) is 13.6. The molecule has 2 nitrogen and oxygen atoms in total. The first-order chi connectivity index (χ1) is 9.65. The Bertz CT molecular complexity index is 425. The van der Waals surface area contributed by atoms with E-state index in [1.54, 1.807) is 23.1 Å². The fourth-order valence-electron chi connectivity index (χ4n) is 2.87. The van der Waals surface area contributed by atoms with Crippen LogP contribution < -0.4 is 9.64 Å². The molecule has 1 aromatic rings. The van der Waals surface area contributed by atoms with Crippen LogP contribution in [0.5, 0.6) is 5.75 Å². The number of unbranched alkanes of at least 4 members (excludes halogenated alkanes) is 1. The molecular formula is C16H24Cl2NO+. The monoisotopic (exact) mass is 316 g/mol. The van der Waals surface area contributed by atoms with Crippen LogP contribution in [0.2, 0.25) is 10.0 Å². The van der Waals surface area contributed by atoms with Gasteiger partial charge < -0.3 is 9.64 Å². The summed E-state index contributed by atoms with van der Waals surface area (Å²) < 4.78 is 5.70. The maximum atomic E-state index is 6.06. The summed E-state index contributed by atoms with van der Waals surface area (Å²) in [5.74, 6) is 1.58. The lowest BCUT2D eigenvalue weighted by Crippen LogP contribution is -3.13. The van der Waals surface area contributed by atoms with E-state index in [0.29, 0.717) is 22.4 Å². The number of rotatable bonds is 6. The van der Waals surface area contributed by atoms with Gasteiger partial charge in [0.2, 0.25) is 0 Å². The third kappa shape index (κ3) is 5.16. The molecule has 1 unspecified atom stereocenters. The standard InChI is InChI=1S/C16H23Cl2NO/c1-13-5-4-9-19(12-13)8-2-3-10-20-16-11-14(17)6-7-15(16)18/h6-7,11,13H,2-5,8-10,12H2,1H3/p+1/t13-/m1/s1. The van der Waals surface area contributed by atoms with E-state index in [2.05, 4.69) is 6.92 Å². The van der Waals surface area contributed by atoms with Crippen LogP contribution in [-0.4, -0.2) is 26.2 Å². The van der Waals surface area contributed by atoms with Crippen molar-refractivity contribution >= 4 is 23.2 Å². The molecule has 0 bridgehead atoms. The smallest absolute Gasteiger partial charge is 0.139 e. The lowest BCUT2D eigenvalue weighted by Gasteiger charge is -2.27. The molecule has 0 radical (unpaired) electrons. The van der Waals surface area contributed by atoms with E-state index in [1.165, 1.54) is 38.9 Å². The molecule has 1 saturated heterocycles. The van der Waals surface area contributed by atoms with Crippen LogP contribution in [0.25, 0.3) is 0 Å². The number of piperidine rings is 1. The summed E-state index contributed by atoms with van der Waals surface area (Å²) in [6.07, 6.45) is 5.06. The van der Waals surface area contributed by atoms with Crippen molar-refractivity contribution in [3.8, 4) is 5.75 Å². The Labute approximate surface area is 132 Å². The summed E-state index contributed by atoms with van der Waals surface area (Å²) in [5.41, 5.74) is 0. The predicted octanol–water partition coefficient (Wildman–Crippen LogP) is 3.47. The van der Waals surface area contributed by atoms with Crippen molar-refractivity contribution in [2.45, 2.75) is 32.6 Å². The molecule has 0 saturated carbocycles. The highest BCUT2D eigenvalue weighted by Gasteiger charge is 2.18. The Kier molecular flexibility index (Phi) is 6.47. The molecule has 0 spiro atoms. The number of halogens is 2. The highest BCUT2D eigenvalue weighted by atomic mass is 35.5. The summed E-state index contributed by atoms with van der Waals surface area (Å²) >= 11 is 12.0. The van der Waals surface area contributed by atoms with Crippen LogP contribution in [0.4, 0.5) is 0 Å². The lowest BCUT2D eigenvalue weighted by atomic mass is 10.0. The molecule has 0 aliphatic carbocycles. The third-order valence-electron chi connectivity index (χ3n) is 3.94. The number of hydrogen-bond acceptors (Lipinski definition) is 1. The van der Waals surface area contributed by atoms with E-state index in [9.17, 15) is 0 Å². The van der Waals surface area contributed by atoms with Gasteiger partial charge in [-0.25, -0.2) is 0 Å². The molecule has 1 fully saturated rings. The van der Waals surface area contributed by atoms with Crippen LogP contribution in [0.1, 0.15) is 32.6 Å². The topological polar surface area (TPSA) is 13.7 Å². The highest BCUT2D eigenvalue weighted by molar-refractivity contribution is 6.34. The first-order valence-electron chi connectivity index (χ1n) is 7.56. The van der Waals surface area contributed by atoms with Gasteiger partial charge in [0.05, 0.1) is 31.3 Å². The lowest BCUT2D eigenvalue weighted by molar-refractivity contribution is -0.908. The van der Waals surface area contributed by atoms with E-state index < -0.39 is 0 Å². The number of ether oxygens (including phenoxy) is 1. The SMILES string of the molecule is C[C@@H]1CCC[NH+](CCCCOc2cc(Cl)ccc2Cl)C1. The van der Waals surface area contributed by atoms with Gasteiger partial charge in [0, 0.05) is 17.0 Å². The Hall–Kier alpha value is -0.440. The van der Waals surface area contributed by atoms with Crippen molar-refractivity contribution in [2.24, 2.45) is 5.92 Å². The molecule has 1 heterocycles. The Balaban J connectivity index is 1.63. The Morgan fingerprint density at radius 2 is 2.15 bits per heavy atom. The molecule has 1 N–H and O–H groups in total. The Morgan fingerprint density at radius 1 is 1.30 bits per heavy atom. The minimum atomic E-state index is 0.630. The van der Waals surface area contributed by atoms with Crippen LogP contribution in [-0.2, 0) is 0 Å². The van der Waals surface area contributed by atoms with Crippen molar-refractivity contribution in [1.29, 1.82) is 0 Å². The summed E-state index contributed by atoms with van der Waals surface area (Å²) in [6.45, 7) is 7.01. The zero-order chi connectivity index (χ0) is 14.4. The summed E-state index contributed by atoms with van der Waals surface area (Å²) in [6, 6.07) is 5.33. The van der Waals surface area contributed by atoms with E-state index in [4.69, 9.17) is 27.9 Å². The predicted molar refractivity (Wildman–Crippen MR) is 85.2 cm³/mol. The van der Waals surface area contributed by atoms with Gasteiger partial charge in [0.15, 0.2) is 0 Å². The van der Waals surface area contributed by atoms with E-state index in [0.717, 1.165) is 12.3 Å². The fourth-order valence-corrected chi connectivity index (χ4v) is 3.21. The van der Waals surface area contributed by atoms with Crippen molar-refractivity contribution < 1.29 is 9.64 Å². The summed E-state index contributed by atoms with van der Waals surface area (Å²) in [5, 5.41) is 1.29. The second-order valence-electron chi connectivity index (χ2n) is 5.83. The maximum Gasteiger partial charge on any atom is 0.139 e. The molecule has 0 aromatic heterocycles. The molecule has 0 amide bonds. The quantitative estimate of drug-likeness (QED) is 0.793. The first kappa shape index (κ1) is 15.9. The molecule has 1 aromatic carbocycles. The van der Waals surface area contributed by atoms with Gasteiger partial charge in [-0.1, -0.05) is 30.1 Å². The number of benzene rings is 1. The average Bonchev–Trinajstić information content (AvgIpc) is 2.42. The van der Waals surface area contributed by atoms with Crippen molar-refractivity contribution in [3.63, 3.8) is 0 Å². The molecule has 1 aliphatic rings. The van der Waals surface area contributed by atoms with Crippen molar-refractivity contribution in [3.05, 3.63) is 28.2 Å². The van der Waals surface area contributed by atoms with E-state index in [1.807, 2.05) is 0 Å². The number of quaternary nitrogens is 1. The van der Waals surface area contributed by atoms with Crippen LogP contribution in [0.3, 0.4) is 0 Å². The normalized spacial score (nSPS) is 22.8. The van der Waals surface area contributed by atoms with Crippen LogP contribution >= 0.6 is 23.2 Å². The van der Waals surface area contributed by atoms with Crippen LogP contribution in [0, 0.1) is 5.92 Å². The number of likely N-dealkylation sites (tertiary alicyclic amines) is 1. The van der Waals surface area contributed by atoms with Gasteiger partial charge >= 0.3 is 0 Å². The minimum absolute atomic E-state index is 0.630. The third-order valence-corrected chi connectivity index (χ3v) is 4.49. The van der Waals surface area contributed by atoms with Crippen molar-refractivity contribution in [2.75, 3.05) is 26.2 Å². The van der Waals surface area contributed by atoms with Gasteiger partial charge in [0.25, 0.3) is 0 Å². The van der Waals surface area contributed by atoms with E-state index >= 15 is 0 Å². The van der Waals surface area contributed by atoms with Gasteiger partial charge in [-0.05, 0) is 37.8 Å². The molecule has 2 rings (SSSR count). The highest BCUT2D eigenvalue weighted by Crippen LogP contribution is 2.27. The second-order valence-corrected chi connectivity index (χ2v) is 6.68. The number of hydrogen-bond donors (Lipinski definition) is 1. The van der Waals surface area contributed by atoms with Gasteiger partial charge in [-0.15, -0.1) is 0 Å². The largest absolute Gasteiger partial charge is 0.492 e. The molecule has 4 heteroatoms. The molecule has 20 heavy (non-hydrogen) atoms. The summed E-state index contributed by atoms with van der Waals surface area (Å²) in [4.78, 5) is 1.75. The number of nitrogens with one attached hydrogen (secondary N) is 1. The van der Waals surface area contributed by atoms with Gasteiger partial charge in [-0.2, -0.15) is 0 Å². The van der Waals surface area contributed by atoms with Gasteiger partial charge in [0.1, 0.15) is 5.75 Å². The second kappa shape index (κ2) is 8.11. The van der Waals surface area contributed by atoms with Crippen LogP contribution in [0.15, 0.2) is 18.2 Å². The maximum absolute atomic E-state index is 6.06. The molecule has 2 atom stereocenters. The first-order valence-corrected chi connectivity index (χ1v) is 8.32.